The van der Waals surface area contributed by atoms with E-state index >= 15 is 0 Å². The van der Waals surface area contributed by atoms with Crippen molar-refractivity contribution < 1.29 is 27.8 Å². The molecule has 0 saturated carbocycles. The van der Waals surface area contributed by atoms with Crippen molar-refractivity contribution >= 4 is 17.6 Å². The van der Waals surface area contributed by atoms with Gasteiger partial charge in [-0.15, -0.1) is 0 Å². The molecule has 0 aliphatic rings. The zero-order valence-electron chi connectivity index (χ0n) is 11.5. The van der Waals surface area contributed by atoms with Crippen molar-refractivity contribution in [2.75, 3.05) is 7.11 Å². The number of hydrogen-bond donors (Lipinski definition) is 1. The molecule has 1 aromatic carbocycles. The van der Waals surface area contributed by atoms with Gasteiger partial charge in [0.15, 0.2) is 0 Å². The van der Waals surface area contributed by atoms with E-state index in [0.29, 0.717) is 12.1 Å². The molecule has 0 unspecified atom stereocenters. The van der Waals surface area contributed by atoms with E-state index in [4.69, 9.17) is 21.4 Å². The van der Waals surface area contributed by atoms with Crippen LogP contribution in [0.4, 0.5) is 13.2 Å². The van der Waals surface area contributed by atoms with Gasteiger partial charge in [0, 0.05) is 6.07 Å². The Balaban J connectivity index is 2.85. The smallest absolute Gasteiger partial charge is 0.431 e. The first-order chi connectivity index (χ1) is 10.7. The summed E-state index contributed by atoms with van der Waals surface area (Å²) < 4.78 is 44.6. The predicted octanol–water partition coefficient (Wildman–Crippen LogP) is 3.22. The van der Waals surface area contributed by atoms with Gasteiger partial charge in [-0.2, -0.15) is 13.2 Å². The van der Waals surface area contributed by atoms with Gasteiger partial charge in [-0.1, -0.05) is 11.6 Å². The number of aromatic carboxylic acids is 1. The van der Waals surface area contributed by atoms with Gasteiger partial charge in [0.2, 0.25) is 0 Å². The first kappa shape index (κ1) is 16.9. The van der Waals surface area contributed by atoms with E-state index in [1.54, 1.807) is 0 Å². The van der Waals surface area contributed by atoms with E-state index in [9.17, 15) is 22.8 Å². The van der Waals surface area contributed by atoms with E-state index in [2.05, 4.69) is 0 Å². The average Bonchev–Trinajstić information content (AvgIpc) is 2.45. The van der Waals surface area contributed by atoms with Gasteiger partial charge in [-0.05, 0) is 24.3 Å². The Morgan fingerprint density at radius 3 is 2.39 bits per heavy atom. The standard InChI is InChI=1S/C14H9ClF3NO4/c1-23-7-2-4-10(9(15)6-7)19-11(14(16,17)18)5-3-8(12(19)20)13(21)22/h2-6H,1H3,(H,21,22). The number of benzene rings is 1. The van der Waals surface area contributed by atoms with Crippen LogP contribution in [0.2, 0.25) is 5.02 Å². The monoisotopic (exact) mass is 347 g/mol. The third-order valence-corrected chi connectivity index (χ3v) is 3.30. The second-order valence-corrected chi connectivity index (χ2v) is 4.80. The van der Waals surface area contributed by atoms with Crippen molar-refractivity contribution in [3.05, 3.63) is 57.0 Å². The van der Waals surface area contributed by atoms with Crippen molar-refractivity contribution in [3.8, 4) is 11.4 Å². The minimum Gasteiger partial charge on any atom is -0.497 e. The van der Waals surface area contributed by atoms with E-state index in [-0.39, 0.29) is 21.0 Å². The third kappa shape index (κ3) is 3.16. The number of carbonyl (C=O) groups is 1. The van der Waals surface area contributed by atoms with Crippen LogP contribution in [-0.2, 0) is 6.18 Å². The largest absolute Gasteiger partial charge is 0.497 e. The zero-order valence-corrected chi connectivity index (χ0v) is 12.3. The maximum atomic E-state index is 13.1. The summed E-state index contributed by atoms with van der Waals surface area (Å²) in [5, 5.41) is 8.74. The van der Waals surface area contributed by atoms with E-state index in [1.807, 2.05) is 0 Å². The number of aromatic nitrogens is 1. The van der Waals surface area contributed by atoms with Crippen molar-refractivity contribution in [1.29, 1.82) is 0 Å². The lowest BCUT2D eigenvalue weighted by molar-refractivity contribution is -0.142. The molecule has 23 heavy (non-hydrogen) atoms. The fraction of sp³-hybridized carbons (Fsp3) is 0.143. The highest BCUT2D eigenvalue weighted by Crippen LogP contribution is 2.33. The van der Waals surface area contributed by atoms with Gasteiger partial charge in [0.05, 0.1) is 17.8 Å². The average molecular weight is 348 g/mol. The summed E-state index contributed by atoms with van der Waals surface area (Å²) in [5.74, 6) is -1.36. The molecule has 0 fully saturated rings. The van der Waals surface area contributed by atoms with E-state index < -0.39 is 29.0 Å². The van der Waals surface area contributed by atoms with Gasteiger partial charge >= 0.3 is 12.1 Å². The van der Waals surface area contributed by atoms with Gasteiger partial charge < -0.3 is 9.84 Å². The van der Waals surface area contributed by atoms with Crippen LogP contribution >= 0.6 is 11.6 Å². The van der Waals surface area contributed by atoms with Gasteiger partial charge in [-0.25, -0.2) is 4.79 Å². The molecule has 0 amide bonds. The number of alkyl halides is 3. The minimum atomic E-state index is -4.88. The molecule has 0 radical (unpaired) electrons. The van der Waals surface area contributed by atoms with Gasteiger partial charge in [0.1, 0.15) is 17.0 Å². The maximum absolute atomic E-state index is 13.1. The summed E-state index contributed by atoms with van der Waals surface area (Å²) in [7, 11) is 1.34. The Labute approximate surface area is 132 Å². The summed E-state index contributed by atoms with van der Waals surface area (Å²) in [5.41, 5.74) is -3.77. The van der Waals surface area contributed by atoms with Crippen LogP contribution in [0.5, 0.6) is 5.75 Å². The number of ether oxygens (including phenoxy) is 1. The van der Waals surface area contributed by atoms with Crippen LogP contribution in [0.15, 0.2) is 35.1 Å². The molecular weight excluding hydrogens is 339 g/mol. The highest BCUT2D eigenvalue weighted by atomic mass is 35.5. The Bertz CT molecular complexity index is 830. The molecule has 1 heterocycles. The number of hydrogen-bond acceptors (Lipinski definition) is 3. The molecule has 1 aromatic heterocycles. The Kier molecular flexibility index (Phi) is 4.37. The van der Waals surface area contributed by atoms with Crippen LogP contribution in [0, 0.1) is 0 Å². The molecule has 0 saturated heterocycles. The van der Waals surface area contributed by atoms with Gasteiger partial charge in [0.25, 0.3) is 5.56 Å². The maximum Gasteiger partial charge on any atom is 0.431 e. The second-order valence-electron chi connectivity index (χ2n) is 4.39. The summed E-state index contributed by atoms with van der Waals surface area (Å²) >= 11 is 5.91. The Morgan fingerprint density at radius 1 is 1.26 bits per heavy atom. The van der Waals surface area contributed by atoms with Crippen molar-refractivity contribution in [2.45, 2.75) is 6.18 Å². The fourth-order valence-corrected chi connectivity index (χ4v) is 2.21. The molecule has 5 nitrogen and oxygen atoms in total. The fourth-order valence-electron chi connectivity index (χ4n) is 1.96. The number of nitrogens with zero attached hydrogens (tertiary/aromatic N) is 1. The first-order valence-corrected chi connectivity index (χ1v) is 6.45. The van der Waals surface area contributed by atoms with Crippen molar-refractivity contribution in [2.24, 2.45) is 0 Å². The predicted molar refractivity (Wildman–Crippen MR) is 75.6 cm³/mol. The summed E-state index contributed by atoms with van der Waals surface area (Å²) in [6.07, 6.45) is -4.88. The van der Waals surface area contributed by atoms with Crippen molar-refractivity contribution in [1.82, 2.24) is 4.57 Å². The molecular formula is C14H9ClF3NO4. The van der Waals surface area contributed by atoms with Crippen LogP contribution in [0.3, 0.4) is 0 Å². The van der Waals surface area contributed by atoms with E-state index in [0.717, 1.165) is 6.07 Å². The minimum absolute atomic E-state index is 0.195. The summed E-state index contributed by atoms with van der Waals surface area (Å²) in [6.45, 7) is 0. The number of carboxylic acids is 1. The number of halogens is 4. The lowest BCUT2D eigenvalue weighted by atomic mass is 10.2. The normalized spacial score (nSPS) is 11.3. The molecule has 0 aliphatic heterocycles. The number of rotatable bonds is 3. The van der Waals surface area contributed by atoms with Crippen LogP contribution in [0.25, 0.3) is 5.69 Å². The SMILES string of the molecule is COc1ccc(-n2c(C(F)(F)F)ccc(C(=O)O)c2=O)c(Cl)c1. The van der Waals surface area contributed by atoms with Crippen LogP contribution in [0.1, 0.15) is 16.1 Å². The van der Waals surface area contributed by atoms with Gasteiger partial charge in [-0.3, -0.25) is 9.36 Å². The summed E-state index contributed by atoms with van der Waals surface area (Å²) in [6, 6.07) is 4.80. The highest BCUT2D eigenvalue weighted by molar-refractivity contribution is 6.32. The molecule has 0 bridgehead atoms. The topological polar surface area (TPSA) is 68.5 Å². The highest BCUT2D eigenvalue weighted by Gasteiger charge is 2.36. The molecule has 1 N–H and O–H groups in total. The third-order valence-electron chi connectivity index (χ3n) is 3.00. The van der Waals surface area contributed by atoms with Crippen LogP contribution < -0.4 is 10.3 Å². The number of carboxylic acid groups (broad SMARTS) is 1. The Morgan fingerprint density at radius 2 is 1.91 bits per heavy atom. The lowest BCUT2D eigenvalue weighted by Crippen LogP contribution is -2.30. The molecule has 0 spiro atoms. The second kappa shape index (κ2) is 5.96. The molecule has 2 aromatic rings. The van der Waals surface area contributed by atoms with Crippen molar-refractivity contribution in [3.63, 3.8) is 0 Å². The summed E-state index contributed by atoms with van der Waals surface area (Å²) in [4.78, 5) is 23.2. The van der Waals surface area contributed by atoms with Crippen LogP contribution in [-0.4, -0.2) is 22.8 Å². The quantitative estimate of drug-likeness (QED) is 0.925. The lowest BCUT2D eigenvalue weighted by Gasteiger charge is -2.17. The Hall–Kier alpha value is -2.48. The first-order valence-electron chi connectivity index (χ1n) is 6.07. The number of methoxy groups -OCH3 is 1. The van der Waals surface area contributed by atoms with E-state index in [1.165, 1.54) is 19.2 Å². The molecule has 2 rings (SSSR count). The molecule has 0 atom stereocenters. The molecule has 9 heteroatoms. The zero-order chi connectivity index (χ0) is 17.4. The molecule has 122 valence electrons. The number of pyridine rings is 1. The molecule has 0 aliphatic carbocycles.